The lowest BCUT2D eigenvalue weighted by atomic mass is 10.2. The van der Waals surface area contributed by atoms with E-state index in [-0.39, 0.29) is 5.91 Å². The Morgan fingerprint density at radius 3 is 2.94 bits per heavy atom. The molecule has 3 nitrogen and oxygen atoms in total. The van der Waals surface area contributed by atoms with Crippen LogP contribution in [-0.2, 0) is 0 Å². The molecule has 0 spiro atoms. The van der Waals surface area contributed by atoms with Crippen LogP contribution in [0.25, 0.3) is 0 Å². The molecule has 5 heteroatoms. The Morgan fingerprint density at radius 2 is 2.25 bits per heavy atom. The molecule has 0 aliphatic rings. The molecule has 0 aromatic heterocycles. The standard InChI is InChI=1S/C11H12BrClN2O/c12-8-3-4-10(13)9(7-8)11(16)15-6-2-1-5-14/h1-4,7H,5-6,14H2,(H,15,16)/b2-1+. The van der Waals surface area contributed by atoms with E-state index in [0.717, 1.165) is 4.47 Å². The number of hydrogen-bond acceptors (Lipinski definition) is 2. The molecule has 0 atom stereocenters. The van der Waals surface area contributed by atoms with Crippen LogP contribution in [0.15, 0.2) is 34.8 Å². The summed E-state index contributed by atoms with van der Waals surface area (Å²) in [5, 5.41) is 3.15. The normalized spacial score (nSPS) is 10.7. The summed E-state index contributed by atoms with van der Waals surface area (Å²) in [6.07, 6.45) is 3.58. The van der Waals surface area contributed by atoms with Crippen molar-refractivity contribution in [2.75, 3.05) is 13.1 Å². The zero-order chi connectivity index (χ0) is 12.0. The van der Waals surface area contributed by atoms with Crippen molar-refractivity contribution in [2.45, 2.75) is 0 Å². The Balaban J connectivity index is 2.65. The number of benzene rings is 1. The number of amides is 1. The Morgan fingerprint density at radius 1 is 1.50 bits per heavy atom. The number of nitrogens with one attached hydrogen (secondary N) is 1. The van der Waals surface area contributed by atoms with Gasteiger partial charge in [0.2, 0.25) is 0 Å². The third-order valence-electron chi connectivity index (χ3n) is 1.86. The van der Waals surface area contributed by atoms with E-state index in [1.54, 1.807) is 30.4 Å². The Labute approximate surface area is 108 Å². The predicted molar refractivity (Wildman–Crippen MR) is 69.7 cm³/mol. The van der Waals surface area contributed by atoms with Gasteiger partial charge in [0.25, 0.3) is 5.91 Å². The van der Waals surface area contributed by atoms with E-state index in [2.05, 4.69) is 21.2 Å². The summed E-state index contributed by atoms with van der Waals surface area (Å²) in [4.78, 5) is 11.7. The van der Waals surface area contributed by atoms with Crippen molar-refractivity contribution in [3.63, 3.8) is 0 Å². The molecule has 0 aliphatic heterocycles. The highest BCUT2D eigenvalue weighted by Gasteiger charge is 2.09. The first-order chi connectivity index (χ1) is 7.65. The Bertz CT molecular complexity index is 407. The van der Waals surface area contributed by atoms with E-state index >= 15 is 0 Å². The third-order valence-corrected chi connectivity index (χ3v) is 2.68. The molecule has 16 heavy (non-hydrogen) atoms. The van der Waals surface area contributed by atoms with Crippen molar-refractivity contribution in [1.82, 2.24) is 5.32 Å². The second kappa shape index (κ2) is 6.68. The maximum Gasteiger partial charge on any atom is 0.253 e. The van der Waals surface area contributed by atoms with Gasteiger partial charge in [-0.3, -0.25) is 4.79 Å². The molecular weight excluding hydrogens is 291 g/mol. The molecule has 0 heterocycles. The van der Waals surface area contributed by atoms with Crippen molar-refractivity contribution >= 4 is 33.4 Å². The van der Waals surface area contributed by atoms with Gasteiger partial charge < -0.3 is 11.1 Å². The van der Waals surface area contributed by atoms with E-state index in [1.807, 2.05) is 0 Å². The zero-order valence-electron chi connectivity index (χ0n) is 8.54. The fraction of sp³-hybridized carbons (Fsp3) is 0.182. The molecular formula is C11H12BrClN2O. The van der Waals surface area contributed by atoms with Crippen LogP contribution in [-0.4, -0.2) is 19.0 Å². The predicted octanol–water partition coefficient (Wildman–Crippen LogP) is 2.35. The lowest BCUT2D eigenvalue weighted by Crippen LogP contribution is -2.23. The minimum Gasteiger partial charge on any atom is -0.349 e. The summed E-state index contributed by atoms with van der Waals surface area (Å²) in [6.45, 7) is 0.909. The van der Waals surface area contributed by atoms with E-state index in [4.69, 9.17) is 17.3 Å². The summed E-state index contributed by atoms with van der Waals surface area (Å²) in [5.41, 5.74) is 5.73. The SMILES string of the molecule is NC/C=C/CNC(=O)c1cc(Br)ccc1Cl. The first kappa shape index (κ1) is 13.2. The summed E-state index contributed by atoms with van der Waals surface area (Å²) < 4.78 is 0.819. The van der Waals surface area contributed by atoms with Gasteiger partial charge in [-0.1, -0.05) is 39.7 Å². The van der Waals surface area contributed by atoms with Crippen molar-refractivity contribution in [3.8, 4) is 0 Å². The van der Waals surface area contributed by atoms with Crippen LogP contribution >= 0.6 is 27.5 Å². The number of carbonyl (C=O) groups is 1. The fourth-order valence-corrected chi connectivity index (χ4v) is 1.66. The number of carbonyl (C=O) groups excluding carboxylic acids is 1. The van der Waals surface area contributed by atoms with Gasteiger partial charge in [-0.05, 0) is 18.2 Å². The molecule has 0 bridgehead atoms. The zero-order valence-corrected chi connectivity index (χ0v) is 10.9. The second-order valence-corrected chi connectivity index (χ2v) is 4.36. The lowest BCUT2D eigenvalue weighted by Gasteiger charge is -2.05. The fourth-order valence-electron chi connectivity index (χ4n) is 1.10. The van der Waals surface area contributed by atoms with Crippen LogP contribution < -0.4 is 11.1 Å². The van der Waals surface area contributed by atoms with Crippen LogP contribution in [0.3, 0.4) is 0 Å². The van der Waals surface area contributed by atoms with Crippen molar-refractivity contribution < 1.29 is 4.79 Å². The Kier molecular flexibility index (Phi) is 5.52. The first-order valence-electron chi connectivity index (χ1n) is 4.73. The van der Waals surface area contributed by atoms with Crippen LogP contribution in [0, 0.1) is 0 Å². The van der Waals surface area contributed by atoms with Crippen LogP contribution in [0.4, 0.5) is 0 Å². The van der Waals surface area contributed by atoms with Crippen LogP contribution in [0.1, 0.15) is 10.4 Å². The highest BCUT2D eigenvalue weighted by atomic mass is 79.9. The molecule has 0 saturated heterocycles. The second-order valence-electron chi connectivity index (χ2n) is 3.04. The molecule has 0 fully saturated rings. The largest absolute Gasteiger partial charge is 0.349 e. The number of halogens is 2. The topological polar surface area (TPSA) is 55.1 Å². The maximum absolute atomic E-state index is 11.7. The lowest BCUT2D eigenvalue weighted by molar-refractivity contribution is 0.0958. The van der Waals surface area contributed by atoms with Crippen molar-refractivity contribution in [2.24, 2.45) is 5.73 Å². The third kappa shape index (κ3) is 3.96. The van der Waals surface area contributed by atoms with E-state index in [1.165, 1.54) is 0 Å². The van der Waals surface area contributed by atoms with Gasteiger partial charge in [-0.15, -0.1) is 0 Å². The van der Waals surface area contributed by atoms with Gasteiger partial charge in [-0.25, -0.2) is 0 Å². The smallest absolute Gasteiger partial charge is 0.253 e. The van der Waals surface area contributed by atoms with Crippen LogP contribution in [0.5, 0.6) is 0 Å². The monoisotopic (exact) mass is 302 g/mol. The van der Waals surface area contributed by atoms with Crippen LogP contribution in [0.2, 0.25) is 5.02 Å². The van der Waals surface area contributed by atoms with Gasteiger partial charge in [-0.2, -0.15) is 0 Å². The molecule has 0 unspecified atom stereocenters. The van der Waals surface area contributed by atoms with Gasteiger partial charge >= 0.3 is 0 Å². The molecule has 1 amide bonds. The van der Waals surface area contributed by atoms with E-state index in [0.29, 0.717) is 23.7 Å². The summed E-state index contributed by atoms with van der Waals surface area (Å²) >= 11 is 9.20. The Hall–Kier alpha value is -0.840. The van der Waals surface area contributed by atoms with Gasteiger partial charge in [0.1, 0.15) is 0 Å². The quantitative estimate of drug-likeness (QED) is 0.839. The molecule has 86 valence electrons. The summed E-state index contributed by atoms with van der Waals surface area (Å²) in [6, 6.07) is 5.15. The molecule has 0 radical (unpaired) electrons. The molecule has 1 aromatic carbocycles. The number of rotatable bonds is 4. The van der Waals surface area contributed by atoms with Gasteiger partial charge in [0.15, 0.2) is 0 Å². The number of hydrogen-bond donors (Lipinski definition) is 2. The first-order valence-corrected chi connectivity index (χ1v) is 5.90. The summed E-state index contributed by atoms with van der Waals surface area (Å²) in [5.74, 6) is -0.201. The molecule has 0 aliphatic carbocycles. The average Bonchev–Trinajstić information content (AvgIpc) is 2.27. The summed E-state index contributed by atoms with van der Waals surface area (Å²) in [7, 11) is 0. The maximum atomic E-state index is 11.7. The van der Waals surface area contributed by atoms with Gasteiger partial charge in [0.05, 0.1) is 10.6 Å². The van der Waals surface area contributed by atoms with E-state index in [9.17, 15) is 4.79 Å². The molecule has 0 saturated carbocycles. The molecule has 1 aromatic rings. The minimum atomic E-state index is -0.201. The molecule has 1 rings (SSSR count). The van der Waals surface area contributed by atoms with E-state index < -0.39 is 0 Å². The molecule has 3 N–H and O–H groups in total. The average molecular weight is 304 g/mol. The van der Waals surface area contributed by atoms with Crippen molar-refractivity contribution in [3.05, 3.63) is 45.4 Å². The van der Waals surface area contributed by atoms with Crippen molar-refractivity contribution in [1.29, 1.82) is 0 Å². The van der Waals surface area contributed by atoms with Gasteiger partial charge in [0, 0.05) is 17.6 Å². The number of nitrogens with two attached hydrogens (primary N) is 1. The highest BCUT2D eigenvalue weighted by molar-refractivity contribution is 9.10. The minimum absolute atomic E-state index is 0.201. The highest BCUT2D eigenvalue weighted by Crippen LogP contribution is 2.20.